The molecule has 0 spiro atoms. The van der Waals surface area contributed by atoms with Crippen LogP contribution in [-0.4, -0.2) is 33.1 Å². The predicted molar refractivity (Wildman–Crippen MR) is 123 cm³/mol. The van der Waals surface area contributed by atoms with Crippen LogP contribution >= 0.6 is 15.9 Å². The number of hydrogen-bond acceptors (Lipinski definition) is 6. The summed E-state index contributed by atoms with van der Waals surface area (Å²) in [6.45, 7) is 6.19. The Balaban J connectivity index is 1.77. The highest BCUT2D eigenvalue weighted by molar-refractivity contribution is 9.10. The van der Waals surface area contributed by atoms with Gasteiger partial charge in [0, 0.05) is 23.1 Å². The van der Waals surface area contributed by atoms with Gasteiger partial charge in [-0.05, 0) is 74.2 Å². The minimum Gasteiger partial charge on any atom is -0.494 e. The Morgan fingerprint density at radius 1 is 1.10 bits per heavy atom. The van der Waals surface area contributed by atoms with Gasteiger partial charge in [0.2, 0.25) is 26.6 Å². The first-order chi connectivity index (χ1) is 14.9. The van der Waals surface area contributed by atoms with Crippen molar-refractivity contribution in [2.75, 3.05) is 24.6 Å². The molecule has 0 N–H and O–H groups in total. The standard InChI is InChI=1S/C23H25BrN2O4S/c1-3-29-19-8-4-17(5-9-19)21-25-22(23(30-21)26-14-12-16(2)13-15-26)31(27,28)20-10-6-18(24)7-11-20/h4-11,16H,3,12-15H2,1-2H3. The number of aromatic nitrogens is 1. The summed E-state index contributed by atoms with van der Waals surface area (Å²) in [4.78, 5) is 6.66. The molecule has 0 bridgehead atoms. The molecule has 1 aromatic heterocycles. The zero-order valence-electron chi connectivity index (χ0n) is 17.5. The second-order valence-corrected chi connectivity index (χ2v) is 10.5. The molecule has 1 aliphatic rings. The molecular formula is C23H25BrN2O4S. The van der Waals surface area contributed by atoms with E-state index in [4.69, 9.17) is 9.15 Å². The minimum atomic E-state index is -3.85. The quantitative estimate of drug-likeness (QED) is 0.436. The summed E-state index contributed by atoms with van der Waals surface area (Å²) in [6, 6.07) is 13.9. The van der Waals surface area contributed by atoms with Crippen LogP contribution in [0, 0.1) is 5.92 Å². The monoisotopic (exact) mass is 504 g/mol. The molecule has 0 aliphatic carbocycles. The number of halogens is 1. The third-order valence-electron chi connectivity index (χ3n) is 5.44. The Kier molecular flexibility index (Phi) is 6.39. The van der Waals surface area contributed by atoms with E-state index in [9.17, 15) is 8.42 Å². The van der Waals surface area contributed by atoms with Crippen LogP contribution in [0.5, 0.6) is 5.75 Å². The second kappa shape index (κ2) is 9.04. The zero-order valence-corrected chi connectivity index (χ0v) is 19.9. The molecule has 2 aromatic carbocycles. The van der Waals surface area contributed by atoms with Crippen LogP contribution in [0.4, 0.5) is 5.88 Å². The van der Waals surface area contributed by atoms with E-state index in [1.165, 1.54) is 0 Å². The van der Waals surface area contributed by atoms with Gasteiger partial charge in [0.05, 0.1) is 11.5 Å². The van der Waals surface area contributed by atoms with Crippen LogP contribution in [0.2, 0.25) is 0 Å². The van der Waals surface area contributed by atoms with Gasteiger partial charge >= 0.3 is 0 Å². The Labute approximate surface area is 191 Å². The third-order valence-corrected chi connectivity index (χ3v) is 7.64. The molecule has 1 fully saturated rings. The molecule has 8 heteroatoms. The predicted octanol–water partition coefficient (Wildman–Crippen LogP) is 5.57. The normalized spacial score (nSPS) is 15.3. The molecule has 0 saturated carbocycles. The first-order valence-electron chi connectivity index (χ1n) is 10.4. The number of ether oxygens (including phenoxy) is 1. The van der Waals surface area contributed by atoms with Gasteiger partial charge < -0.3 is 14.1 Å². The van der Waals surface area contributed by atoms with E-state index in [-0.39, 0.29) is 15.8 Å². The Morgan fingerprint density at radius 2 is 1.74 bits per heavy atom. The Hall–Kier alpha value is -2.32. The number of anilines is 1. The highest BCUT2D eigenvalue weighted by Gasteiger charge is 2.32. The molecule has 0 atom stereocenters. The van der Waals surface area contributed by atoms with Gasteiger partial charge in [-0.3, -0.25) is 0 Å². The van der Waals surface area contributed by atoms with Crippen LogP contribution < -0.4 is 9.64 Å². The van der Waals surface area contributed by atoms with Crippen molar-refractivity contribution in [3.05, 3.63) is 53.0 Å². The van der Waals surface area contributed by atoms with Gasteiger partial charge in [-0.2, -0.15) is 4.98 Å². The average molecular weight is 505 g/mol. The maximum atomic E-state index is 13.5. The van der Waals surface area contributed by atoms with Gasteiger partial charge in [0.25, 0.3) is 0 Å². The SMILES string of the molecule is CCOc1ccc(-c2nc(S(=O)(=O)c3ccc(Br)cc3)c(N3CCC(C)CC3)o2)cc1. The number of nitrogens with zero attached hydrogens (tertiary/aromatic N) is 2. The molecular weight excluding hydrogens is 480 g/mol. The minimum absolute atomic E-state index is 0.0340. The highest BCUT2D eigenvalue weighted by atomic mass is 79.9. The van der Waals surface area contributed by atoms with Crippen LogP contribution in [0.15, 0.2) is 67.3 Å². The lowest BCUT2D eigenvalue weighted by Crippen LogP contribution is -2.33. The van der Waals surface area contributed by atoms with E-state index in [0.717, 1.165) is 36.2 Å². The zero-order chi connectivity index (χ0) is 22.0. The number of sulfone groups is 1. The van der Waals surface area contributed by atoms with Crippen molar-refractivity contribution >= 4 is 31.7 Å². The van der Waals surface area contributed by atoms with E-state index in [0.29, 0.717) is 24.0 Å². The van der Waals surface area contributed by atoms with Gasteiger partial charge in [0.15, 0.2) is 0 Å². The fourth-order valence-electron chi connectivity index (χ4n) is 3.59. The lowest BCUT2D eigenvalue weighted by Gasteiger charge is -2.30. The fourth-order valence-corrected chi connectivity index (χ4v) is 5.18. The summed E-state index contributed by atoms with van der Waals surface area (Å²) >= 11 is 3.36. The summed E-state index contributed by atoms with van der Waals surface area (Å²) in [5, 5.41) is -0.0340. The van der Waals surface area contributed by atoms with Crippen molar-refractivity contribution in [3.63, 3.8) is 0 Å². The Bertz CT molecular complexity index is 1130. The van der Waals surface area contributed by atoms with Crippen molar-refractivity contribution in [1.82, 2.24) is 4.98 Å². The van der Waals surface area contributed by atoms with Crippen molar-refractivity contribution < 1.29 is 17.6 Å². The molecule has 3 aromatic rings. The van der Waals surface area contributed by atoms with Gasteiger partial charge in [-0.15, -0.1) is 0 Å². The summed E-state index contributed by atoms with van der Waals surface area (Å²) in [5.74, 6) is 1.95. The van der Waals surface area contributed by atoms with Gasteiger partial charge in [-0.1, -0.05) is 22.9 Å². The van der Waals surface area contributed by atoms with E-state index >= 15 is 0 Å². The van der Waals surface area contributed by atoms with E-state index in [1.54, 1.807) is 24.3 Å². The van der Waals surface area contributed by atoms with Gasteiger partial charge in [-0.25, -0.2) is 8.42 Å². The van der Waals surface area contributed by atoms with Crippen molar-refractivity contribution in [2.24, 2.45) is 5.92 Å². The molecule has 31 heavy (non-hydrogen) atoms. The summed E-state index contributed by atoms with van der Waals surface area (Å²) in [5.41, 5.74) is 0.701. The fraction of sp³-hybridized carbons (Fsp3) is 0.348. The Morgan fingerprint density at radius 3 is 2.35 bits per heavy atom. The van der Waals surface area contributed by atoms with Crippen molar-refractivity contribution in [3.8, 4) is 17.2 Å². The molecule has 2 heterocycles. The summed E-state index contributed by atoms with van der Waals surface area (Å²) in [6.07, 6.45) is 1.97. The lowest BCUT2D eigenvalue weighted by atomic mass is 9.99. The van der Waals surface area contributed by atoms with E-state index in [2.05, 4.69) is 27.8 Å². The van der Waals surface area contributed by atoms with Crippen LogP contribution in [0.1, 0.15) is 26.7 Å². The average Bonchev–Trinajstić information content (AvgIpc) is 3.22. The van der Waals surface area contributed by atoms with Gasteiger partial charge in [0.1, 0.15) is 5.75 Å². The maximum Gasteiger partial charge on any atom is 0.236 e. The molecule has 4 rings (SSSR count). The number of benzene rings is 2. The van der Waals surface area contributed by atoms with Crippen LogP contribution in [-0.2, 0) is 9.84 Å². The van der Waals surface area contributed by atoms with E-state index in [1.807, 2.05) is 36.1 Å². The third kappa shape index (κ3) is 4.65. The first kappa shape index (κ1) is 21.9. The number of piperidine rings is 1. The molecule has 164 valence electrons. The van der Waals surface area contributed by atoms with Crippen LogP contribution in [0.3, 0.4) is 0 Å². The maximum absolute atomic E-state index is 13.5. The molecule has 6 nitrogen and oxygen atoms in total. The smallest absolute Gasteiger partial charge is 0.236 e. The molecule has 0 radical (unpaired) electrons. The second-order valence-electron chi connectivity index (χ2n) is 7.71. The lowest BCUT2D eigenvalue weighted by molar-refractivity contribution is 0.340. The molecule has 1 saturated heterocycles. The topological polar surface area (TPSA) is 72.6 Å². The molecule has 0 amide bonds. The van der Waals surface area contributed by atoms with Crippen LogP contribution in [0.25, 0.3) is 11.5 Å². The van der Waals surface area contributed by atoms with Crippen molar-refractivity contribution in [2.45, 2.75) is 36.6 Å². The van der Waals surface area contributed by atoms with E-state index < -0.39 is 9.84 Å². The molecule has 1 aliphatic heterocycles. The molecule has 0 unspecified atom stereocenters. The first-order valence-corrected chi connectivity index (χ1v) is 12.7. The van der Waals surface area contributed by atoms with Crippen molar-refractivity contribution in [1.29, 1.82) is 0 Å². The summed E-state index contributed by atoms with van der Waals surface area (Å²) in [7, 11) is -3.85. The summed E-state index contributed by atoms with van der Waals surface area (Å²) < 4.78 is 39.3. The number of oxazole rings is 1. The largest absolute Gasteiger partial charge is 0.494 e. The number of hydrogen-bond donors (Lipinski definition) is 0. The number of rotatable bonds is 6. The highest BCUT2D eigenvalue weighted by Crippen LogP contribution is 2.37.